The van der Waals surface area contributed by atoms with Crippen molar-refractivity contribution in [2.75, 3.05) is 4.90 Å². The molecule has 1 heteroatoms. The van der Waals surface area contributed by atoms with Crippen LogP contribution in [0.5, 0.6) is 0 Å². The van der Waals surface area contributed by atoms with Crippen molar-refractivity contribution in [3.8, 4) is 44.5 Å². The molecule has 0 amide bonds. The van der Waals surface area contributed by atoms with Crippen molar-refractivity contribution in [3.05, 3.63) is 185 Å². The Labute approximate surface area is 322 Å². The molecule has 0 radical (unpaired) electrons. The molecule has 0 fully saturated rings. The van der Waals surface area contributed by atoms with Crippen LogP contribution in [0.1, 0.15) is 81.8 Å². The van der Waals surface area contributed by atoms with E-state index in [-0.39, 0.29) is 16.2 Å². The molecule has 0 N–H and O–H groups in total. The van der Waals surface area contributed by atoms with E-state index in [1.165, 1.54) is 83.6 Å². The molecule has 9 rings (SSSR count). The van der Waals surface area contributed by atoms with Crippen molar-refractivity contribution in [2.24, 2.45) is 0 Å². The van der Waals surface area contributed by atoms with E-state index in [9.17, 15) is 0 Å². The van der Waals surface area contributed by atoms with Crippen molar-refractivity contribution in [1.29, 1.82) is 0 Å². The number of aryl methyl sites for hydroxylation is 1. The van der Waals surface area contributed by atoms with Gasteiger partial charge >= 0.3 is 0 Å². The lowest BCUT2D eigenvalue weighted by Gasteiger charge is -2.31. The third-order valence-electron chi connectivity index (χ3n) is 12.2. The topological polar surface area (TPSA) is 3.24 Å². The number of rotatable bonds is 5. The molecule has 0 atom stereocenters. The first kappa shape index (κ1) is 34.1. The largest absolute Gasteiger partial charge is 0.310 e. The fraction of sp³-hybridized carbons (Fsp3) is 0.208. The molecular formula is C53H49N. The zero-order valence-electron chi connectivity index (χ0n) is 32.9. The van der Waals surface area contributed by atoms with Crippen LogP contribution in [0, 0.1) is 6.92 Å². The molecule has 0 unspecified atom stereocenters. The van der Waals surface area contributed by atoms with Gasteiger partial charge in [-0.15, -0.1) is 0 Å². The smallest absolute Gasteiger partial charge is 0.0543 e. The fourth-order valence-corrected chi connectivity index (χ4v) is 9.56. The summed E-state index contributed by atoms with van der Waals surface area (Å²) in [5, 5.41) is 0. The summed E-state index contributed by atoms with van der Waals surface area (Å²) < 4.78 is 0. The highest BCUT2D eigenvalue weighted by atomic mass is 15.1. The summed E-state index contributed by atoms with van der Waals surface area (Å²) in [5.74, 6) is 0. The van der Waals surface area contributed by atoms with Gasteiger partial charge in [0.05, 0.1) is 5.69 Å². The highest BCUT2D eigenvalue weighted by molar-refractivity contribution is 5.97. The van der Waals surface area contributed by atoms with Crippen molar-refractivity contribution in [2.45, 2.75) is 71.6 Å². The lowest BCUT2D eigenvalue weighted by atomic mass is 9.73. The van der Waals surface area contributed by atoms with Gasteiger partial charge in [0.2, 0.25) is 0 Å². The Morgan fingerprint density at radius 3 is 1.65 bits per heavy atom. The van der Waals surface area contributed by atoms with Crippen molar-refractivity contribution in [1.82, 2.24) is 0 Å². The fourth-order valence-electron chi connectivity index (χ4n) is 9.56. The average Bonchev–Trinajstić information content (AvgIpc) is 3.55. The van der Waals surface area contributed by atoms with Gasteiger partial charge in [0.1, 0.15) is 0 Å². The molecule has 266 valence electrons. The Balaban J connectivity index is 1.23. The minimum Gasteiger partial charge on any atom is -0.310 e. The van der Waals surface area contributed by atoms with E-state index in [1.54, 1.807) is 0 Å². The molecule has 0 bridgehead atoms. The van der Waals surface area contributed by atoms with Crippen LogP contribution in [-0.4, -0.2) is 0 Å². The number of nitrogens with zero attached hydrogens (tertiary/aromatic N) is 1. The predicted molar refractivity (Wildman–Crippen MR) is 231 cm³/mol. The van der Waals surface area contributed by atoms with E-state index < -0.39 is 0 Å². The first-order valence-corrected chi connectivity index (χ1v) is 19.4. The van der Waals surface area contributed by atoms with Gasteiger partial charge in [-0.3, -0.25) is 0 Å². The maximum Gasteiger partial charge on any atom is 0.0543 e. The molecule has 0 saturated heterocycles. The quantitative estimate of drug-likeness (QED) is 0.173. The zero-order valence-corrected chi connectivity index (χ0v) is 32.9. The van der Waals surface area contributed by atoms with Crippen molar-refractivity contribution in [3.63, 3.8) is 0 Å². The van der Waals surface area contributed by atoms with Gasteiger partial charge in [0, 0.05) is 27.8 Å². The Morgan fingerprint density at radius 1 is 0.444 bits per heavy atom. The van der Waals surface area contributed by atoms with Gasteiger partial charge in [0.25, 0.3) is 0 Å². The zero-order chi connectivity index (χ0) is 37.6. The maximum atomic E-state index is 2.48. The monoisotopic (exact) mass is 699 g/mol. The highest BCUT2D eigenvalue weighted by Gasteiger charge is 2.42. The molecule has 0 saturated carbocycles. The molecule has 54 heavy (non-hydrogen) atoms. The Morgan fingerprint density at radius 2 is 0.981 bits per heavy atom. The number of benzene rings is 7. The first-order valence-electron chi connectivity index (χ1n) is 19.4. The summed E-state index contributed by atoms with van der Waals surface area (Å²) >= 11 is 0. The molecule has 0 heterocycles. The number of hydrogen-bond donors (Lipinski definition) is 0. The number of fused-ring (bicyclic) bond motifs is 6. The van der Waals surface area contributed by atoms with Gasteiger partial charge in [-0.2, -0.15) is 0 Å². The van der Waals surface area contributed by atoms with Crippen LogP contribution in [0.15, 0.2) is 152 Å². The Hall–Kier alpha value is -5.66. The van der Waals surface area contributed by atoms with Crippen LogP contribution >= 0.6 is 0 Å². The third-order valence-corrected chi connectivity index (χ3v) is 12.2. The molecular weight excluding hydrogens is 651 g/mol. The number of anilines is 3. The Kier molecular flexibility index (Phi) is 7.70. The van der Waals surface area contributed by atoms with Crippen LogP contribution in [-0.2, 0) is 16.2 Å². The summed E-state index contributed by atoms with van der Waals surface area (Å²) in [6.45, 7) is 18.9. The van der Waals surface area contributed by atoms with E-state index in [0.29, 0.717) is 0 Å². The minimum absolute atomic E-state index is 0.0196. The molecule has 2 aliphatic carbocycles. The van der Waals surface area contributed by atoms with E-state index in [2.05, 4.69) is 212 Å². The van der Waals surface area contributed by atoms with E-state index in [0.717, 1.165) is 11.4 Å². The molecule has 1 nitrogen and oxygen atoms in total. The normalized spacial score (nSPS) is 14.6. The van der Waals surface area contributed by atoms with Gasteiger partial charge in [-0.05, 0) is 109 Å². The number of hydrogen-bond acceptors (Lipinski definition) is 1. The van der Waals surface area contributed by atoms with Crippen LogP contribution in [0.25, 0.3) is 44.5 Å². The summed E-state index contributed by atoms with van der Waals surface area (Å²) in [5.41, 5.74) is 22.1. The van der Waals surface area contributed by atoms with Crippen LogP contribution < -0.4 is 4.90 Å². The van der Waals surface area contributed by atoms with Crippen LogP contribution in [0.2, 0.25) is 0 Å². The lowest BCUT2D eigenvalue weighted by molar-refractivity contribution is 0.556. The van der Waals surface area contributed by atoms with Gasteiger partial charge in [0.15, 0.2) is 0 Å². The maximum absolute atomic E-state index is 2.48. The van der Waals surface area contributed by atoms with Gasteiger partial charge < -0.3 is 4.90 Å². The van der Waals surface area contributed by atoms with Crippen molar-refractivity contribution >= 4 is 17.1 Å². The minimum atomic E-state index is -0.137. The molecule has 0 spiro atoms. The molecule has 7 aromatic carbocycles. The average molecular weight is 700 g/mol. The summed E-state index contributed by atoms with van der Waals surface area (Å²) in [4.78, 5) is 2.48. The standard InChI is InChI=1S/C53H49N/c1-34-32-42-49-45(53(7,8)50(42)46(33-34)51(2,3)4)22-15-23-47(49)54(38-28-24-36(25-29-38)35-16-10-9-11-17-35)39-30-26-37(27-31-39)40-19-14-21-44-48(40)41-18-12-13-20-43(41)52(44,5)6/h9-33H,1-8H3. The van der Waals surface area contributed by atoms with E-state index in [1.807, 2.05) is 0 Å². The van der Waals surface area contributed by atoms with Gasteiger partial charge in [-0.1, -0.05) is 175 Å². The summed E-state index contributed by atoms with van der Waals surface area (Å²) in [6, 6.07) is 56.7. The van der Waals surface area contributed by atoms with E-state index in [4.69, 9.17) is 0 Å². The van der Waals surface area contributed by atoms with Crippen LogP contribution in [0.3, 0.4) is 0 Å². The van der Waals surface area contributed by atoms with E-state index >= 15 is 0 Å². The first-order chi connectivity index (χ1) is 25.9. The summed E-state index contributed by atoms with van der Waals surface area (Å²) in [7, 11) is 0. The molecule has 2 aliphatic rings. The second-order valence-corrected chi connectivity index (χ2v) is 17.5. The van der Waals surface area contributed by atoms with Gasteiger partial charge in [-0.25, -0.2) is 0 Å². The highest BCUT2D eigenvalue weighted by Crippen LogP contribution is 2.57. The summed E-state index contributed by atoms with van der Waals surface area (Å²) in [6.07, 6.45) is 0. The Bertz CT molecular complexity index is 2560. The SMILES string of the molecule is Cc1cc2c(c(C(C)(C)C)c1)C(C)(C)c1cccc(N(c3ccc(-c4ccccc4)cc3)c3ccc(-c4cccc5c4-c4ccccc4C5(C)C)cc3)c1-2. The predicted octanol–water partition coefficient (Wildman–Crippen LogP) is 14.7. The second kappa shape index (κ2) is 12.2. The molecule has 7 aromatic rings. The van der Waals surface area contributed by atoms with Crippen molar-refractivity contribution < 1.29 is 0 Å². The van der Waals surface area contributed by atoms with Crippen LogP contribution in [0.4, 0.5) is 17.1 Å². The second-order valence-electron chi connectivity index (χ2n) is 17.5. The third kappa shape index (κ3) is 5.20. The molecule has 0 aromatic heterocycles. The lowest BCUT2D eigenvalue weighted by Crippen LogP contribution is -2.23. The molecule has 0 aliphatic heterocycles.